The predicted molar refractivity (Wildman–Crippen MR) is 106 cm³/mol. The van der Waals surface area contributed by atoms with Crippen LogP contribution in [0.5, 0.6) is 0 Å². The van der Waals surface area contributed by atoms with Gasteiger partial charge in [-0.2, -0.15) is 0 Å². The number of likely N-dealkylation sites (tertiary alicyclic amines) is 1. The Morgan fingerprint density at radius 3 is 2.28 bits per heavy atom. The smallest absolute Gasteiger partial charge is 0.295 e. The van der Waals surface area contributed by atoms with Gasteiger partial charge in [0.05, 0.1) is 5.92 Å². The van der Waals surface area contributed by atoms with E-state index in [0.29, 0.717) is 51.3 Å². The average molecular weight is 414 g/mol. The van der Waals surface area contributed by atoms with Crippen LogP contribution in [0.4, 0.5) is 0 Å². The Kier molecular flexibility index (Phi) is 12.1. The molecule has 4 N–H and O–H groups in total. The molecule has 1 heterocycles. The molecule has 0 radical (unpaired) electrons. The van der Waals surface area contributed by atoms with E-state index in [4.69, 9.17) is 20.9 Å². The van der Waals surface area contributed by atoms with Crippen molar-refractivity contribution < 1.29 is 28.7 Å². The van der Waals surface area contributed by atoms with E-state index in [1.807, 2.05) is 6.92 Å². The zero-order valence-corrected chi connectivity index (χ0v) is 17.3. The van der Waals surface area contributed by atoms with Crippen LogP contribution in [0.25, 0.3) is 0 Å². The first-order valence-electron chi connectivity index (χ1n) is 10.4. The van der Waals surface area contributed by atoms with Crippen LogP contribution in [-0.2, 0) is 28.7 Å². The minimum absolute atomic E-state index is 0.0382. The van der Waals surface area contributed by atoms with Crippen molar-refractivity contribution in [2.24, 2.45) is 23.3 Å². The third-order valence-electron chi connectivity index (χ3n) is 5.34. The summed E-state index contributed by atoms with van der Waals surface area (Å²) in [6, 6.07) is 0. The standard InChI is InChI=1S/C11H19NO3.C9H16N2O3/c12-7-6-10(14)9-4-2-1-3-5-11(9)15-8-13;1-7-4-9(14-6-12)11(5-7)8(13)2-3-10/h8-9,11H,1-7,12H2;6-7,9H,2-5,10H2,1H3. The van der Waals surface area contributed by atoms with Gasteiger partial charge >= 0.3 is 0 Å². The van der Waals surface area contributed by atoms with E-state index in [9.17, 15) is 19.2 Å². The summed E-state index contributed by atoms with van der Waals surface area (Å²) >= 11 is 0. The van der Waals surface area contributed by atoms with E-state index in [0.717, 1.165) is 38.5 Å². The molecule has 0 aromatic heterocycles. The number of nitrogens with two attached hydrogens (primary N) is 2. The van der Waals surface area contributed by atoms with Gasteiger partial charge in [0.15, 0.2) is 6.23 Å². The molecular formula is C20H35N3O6. The van der Waals surface area contributed by atoms with Crippen LogP contribution < -0.4 is 11.5 Å². The number of hydrogen-bond donors (Lipinski definition) is 2. The highest BCUT2D eigenvalue weighted by atomic mass is 16.5. The van der Waals surface area contributed by atoms with Crippen LogP contribution in [0.15, 0.2) is 0 Å². The van der Waals surface area contributed by atoms with Gasteiger partial charge in [-0.1, -0.05) is 19.8 Å². The van der Waals surface area contributed by atoms with Gasteiger partial charge in [-0.05, 0) is 31.7 Å². The fourth-order valence-electron chi connectivity index (χ4n) is 3.93. The topological polar surface area (TPSA) is 142 Å². The minimum atomic E-state index is -0.387. The molecule has 1 aliphatic carbocycles. The summed E-state index contributed by atoms with van der Waals surface area (Å²) in [5.41, 5.74) is 10.7. The van der Waals surface area contributed by atoms with Crippen molar-refractivity contribution in [3.05, 3.63) is 0 Å². The van der Waals surface area contributed by atoms with E-state index in [1.165, 1.54) is 0 Å². The number of hydrogen-bond acceptors (Lipinski definition) is 8. The van der Waals surface area contributed by atoms with Crippen LogP contribution in [-0.4, -0.2) is 61.5 Å². The SMILES string of the molecule is CC1CC(OC=O)N(C(=O)CCN)C1.NCCC(=O)C1CCCCCC1OC=O. The highest BCUT2D eigenvalue weighted by Gasteiger charge is 2.33. The zero-order valence-electron chi connectivity index (χ0n) is 17.3. The molecule has 9 heteroatoms. The van der Waals surface area contributed by atoms with Crippen molar-refractivity contribution in [3.63, 3.8) is 0 Å². The number of rotatable bonds is 9. The Hall–Kier alpha value is -2.00. The maximum Gasteiger partial charge on any atom is 0.295 e. The summed E-state index contributed by atoms with van der Waals surface area (Å²) in [4.78, 5) is 45.4. The molecule has 2 aliphatic rings. The van der Waals surface area contributed by atoms with Crippen molar-refractivity contribution in [2.75, 3.05) is 19.6 Å². The monoisotopic (exact) mass is 413 g/mol. The van der Waals surface area contributed by atoms with Crippen LogP contribution in [0.3, 0.4) is 0 Å². The number of carbonyl (C=O) groups is 4. The van der Waals surface area contributed by atoms with E-state index < -0.39 is 0 Å². The summed E-state index contributed by atoms with van der Waals surface area (Å²) in [6.07, 6.45) is 5.64. The minimum Gasteiger partial charge on any atom is -0.464 e. The van der Waals surface area contributed by atoms with Gasteiger partial charge in [0, 0.05) is 32.4 Å². The summed E-state index contributed by atoms with van der Waals surface area (Å²) in [5, 5.41) is 0. The van der Waals surface area contributed by atoms with E-state index in [-0.39, 0.29) is 29.9 Å². The van der Waals surface area contributed by atoms with Gasteiger partial charge in [0.1, 0.15) is 11.9 Å². The second kappa shape index (κ2) is 14.1. The van der Waals surface area contributed by atoms with Crippen molar-refractivity contribution in [2.45, 2.75) is 70.6 Å². The molecule has 2 fully saturated rings. The zero-order chi connectivity index (χ0) is 21.6. The molecule has 1 aliphatic heterocycles. The molecule has 1 saturated carbocycles. The third kappa shape index (κ3) is 8.49. The first kappa shape index (κ1) is 25.0. The lowest BCUT2D eigenvalue weighted by Crippen LogP contribution is -2.38. The number of nitrogens with zero attached hydrogens (tertiary/aromatic N) is 1. The summed E-state index contributed by atoms with van der Waals surface area (Å²) < 4.78 is 9.84. The average Bonchev–Trinajstić information content (AvgIpc) is 2.90. The van der Waals surface area contributed by atoms with Gasteiger partial charge in [0.25, 0.3) is 12.9 Å². The molecule has 0 aromatic carbocycles. The second-order valence-electron chi connectivity index (χ2n) is 7.63. The maximum absolute atomic E-state index is 11.8. The first-order valence-corrected chi connectivity index (χ1v) is 10.4. The number of ether oxygens (including phenoxy) is 2. The van der Waals surface area contributed by atoms with Crippen molar-refractivity contribution in [3.8, 4) is 0 Å². The molecule has 4 unspecified atom stereocenters. The maximum atomic E-state index is 11.8. The molecule has 0 aromatic rings. The molecule has 1 amide bonds. The highest BCUT2D eigenvalue weighted by Crippen LogP contribution is 2.27. The summed E-state index contributed by atoms with van der Waals surface area (Å²) in [7, 11) is 0. The number of ketones is 1. The van der Waals surface area contributed by atoms with E-state index in [1.54, 1.807) is 4.90 Å². The highest BCUT2D eigenvalue weighted by molar-refractivity contribution is 5.82. The fourth-order valence-corrected chi connectivity index (χ4v) is 3.93. The molecule has 1 saturated heterocycles. The third-order valence-corrected chi connectivity index (χ3v) is 5.34. The number of carbonyl (C=O) groups excluding carboxylic acids is 4. The van der Waals surface area contributed by atoms with Crippen LogP contribution in [0.2, 0.25) is 0 Å². The van der Waals surface area contributed by atoms with Crippen molar-refractivity contribution in [1.29, 1.82) is 0 Å². The van der Waals surface area contributed by atoms with Crippen molar-refractivity contribution in [1.82, 2.24) is 4.90 Å². The van der Waals surface area contributed by atoms with Crippen molar-refractivity contribution >= 4 is 24.6 Å². The van der Waals surface area contributed by atoms with Gasteiger partial charge in [-0.3, -0.25) is 19.2 Å². The normalized spacial score (nSPS) is 26.5. The molecule has 166 valence electrons. The largest absolute Gasteiger partial charge is 0.464 e. The van der Waals surface area contributed by atoms with Gasteiger partial charge < -0.3 is 25.8 Å². The predicted octanol–water partition coefficient (Wildman–Crippen LogP) is 0.729. The molecule has 4 atom stereocenters. The second-order valence-corrected chi connectivity index (χ2v) is 7.63. The van der Waals surface area contributed by atoms with Gasteiger partial charge in [-0.25, -0.2) is 0 Å². The Balaban J connectivity index is 0.000000291. The molecule has 29 heavy (non-hydrogen) atoms. The Morgan fingerprint density at radius 2 is 1.66 bits per heavy atom. The van der Waals surface area contributed by atoms with E-state index >= 15 is 0 Å². The van der Waals surface area contributed by atoms with Crippen LogP contribution in [0.1, 0.15) is 58.3 Å². The molecular weight excluding hydrogens is 378 g/mol. The fraction of sp³-hybridized carbons (Fsp3) is 0.800. The van der Waals surface area contributed by atoms with Crippen LogP contribution >= 0.6 is 0 Å². The Morgan fingerprint density at radius 1 is 1.00 bits per heavy atom. The van der Waals surface area contributed by atoms with Gasteiger partial charge in [-0.15, -0.1) is 0 Å². The molecule has 0 bridgehead atoms. The summed E-state index contributed by atoms with van der Waals surface area (Å²) in [6.45, 7) is 4.24. The Bertz CT molecular complexity index is 530. The number of Topliss-reactive ketones (excluding diaryl/α,β-unsaturated/α-hetero) is 1. The lowest BCUT2D eigenvalue weighted by Gasteiger charge is -2.22. The lowest BCUT2D eigenvalue weighted by molar-refractivity contribution is -0.150. The van der Waals surface area contributed by atoms with E-state index in [2.05, 4.69) is 0 Å². The quantitative estimate of drug-likeness (QED) is 0.416. The van der Waals surface area contributed by atoms with Crippen LogP contribution in [0, 0.1) is 11.8 Å². The lowest BCUT2D eigenvalue weighted by atomic mass is 9.91. The molecule has 0 spiro atoms. The summed E-state index contributed by atoms with van der Waals surface area (Å²) in [5.74, 6) is 0.359. The Labute approximate surface area is 172 Å². The first-order chi connectivity index (χ1) is 14.0. The van der Waals surface area contributed by atoms with Gasteiger partial charge in [0.2, 0.25) is 5.91 Å². The molecule has 2 rings (SSSR count). The number of amides is 1. The molecule has 9 nitrogen and oxygen atoms in total.